The van der Waals surface area contributed by atoms with E-state index in [4.69, 9.17) is 16.3 Å². The summed E-state index contributed by atoms with van der Waals surface area (Å²) in [5.41, 5.74) is 1.83. The summed E-state index contributed by atoms with van der Waals surface area (Å²) in [7, 11) is 5.18. The summed E-state index contributed by atoms with van der Waals surface area (Å²) in [5.74, 6) is -1.65. The van der Waals surface area contributed by atoms with E-state index in [1.807, 2.05) is 37.4 Å². The predicted molar refractivity (Wildman–Crippen MR) is 160 cm³/mol. The van der Waals surface area contributed by atoms with Crippen LogP contribution >= 0.6 is 23.4 Å². The number of likely N-dealkylation sites (N-methyl/N-ethyl adjacent to an activating group) is 1. The fraction of sp³-hybridized carbons (Fsp3) is 0.290. The Morgan fingerprint density at radius 3 is 2.43 bits per heavy atom. The van der Waals surface area contributed by atoms with Gasteiger partial charge in [0.05, 0.1) is 19.0 Å². The summed E-state index contributed by atoms with van der Waals surface area (Å²) in [5, 5.41) is 3.39. The molecule has 1 N–H and O–H groups in total. The number of hydrogen-bond donors (Lipinski definition) is 1. The number of carbonyl (C=O) groups is 1. The molecule has 0 spiro atoms. The van der Waals surface area contributed by atoms with Gasteiger partial charge in [-0.15, -0.1) is 0 Å². The summed E-state index contributed by atoms with van der Waals surface area (Å²) in [4.78, 5) is 19.0. The van der Waals surface area contributed by atoms with Crippen LogP contribution in [0, 0.1) is 17.5 Å². The van der Waals surface area contributed by atoms with Gasteiger partial charge in [-0.25, -0.2) is 18.2 Å². The Morgan fingerprint density at radius 1 is 1.07 bits per heavy atom. The molecule has 0 aliphatic rings. The van der Waals surface area contributed by atoms with Crippen LogP contribution in [0.5, 0.6) is 5.75 Å². The quantitative estimate of drug-likeness (QED) is 0.187. The molecule has 0 saturated carbocycles. The molecule has 0 atom stereocenters. The number of hydrogen-bond acceptors (Lipinski definition) is 5. The number of aromatic nitrogens is 2. The number of thioether (sulfide) groups is 1. The highest BCUT2D eigenvalue weighted by Crippen LogP contribution is 2.39. The Hall–Kier alpha value is -3.47. The monoisotopic (exact) mass is 616 g/mol. The number of methoxy groups -OCH3 is 1. The van der Waals surface area contributed by atoms with Crippen molar-refractivity contribution in [3.8, 4) is 11.4 Å². The van der Waals surface area contributed by atoms with E-state index in [-0.39, 0.29) is 27.7 Å². The zero-order valence-electron chi connectivity index (χ0n) is 24.0. The van der Waals surface area contributed by atoms with E-state index in [0.29, 0.717) is 23.9 Å². The minimum Gasteiger partial charge on any atom is -0.494 e. The molecule has 11 heteroatoms. The van der Waals surface area contributed by atoms with Gasteiger partial charge in [0.2, 0.25) is 0 Å². The van der Waals surface area contributed by atoms with Crippen molar-refractivity contribution in [1.29, 1.82) is 0 Å². The van der Waals surface area contributed by atoms with Gasteiger partial charge in [-0.2, -0.15) is 0 Å². The molecule has 0 radical (unpaired) electrons. The van der Waals surface area contributed by atoms with Gasteiger partial charge in [-0.3, -0.25) is 9.36 Å². The first-order valence-electron chi connectivity index (χ1n) is 13.1. The number of nitrogens with one attached hydrogen (secondary N) is 1. The predicted octanol–water partition coefficient (Wildman–Crippen LogP) is 6.86. The van der Waals surface area contributed by atoms with Gasteiger partial charge in [0.25, 0.3) is 5.91 Å². The first-order chi connectivity index (χ1) is 19.9. The van der Waals surface area contributed by atoms with Gasteiger partial charge in [-0.05, 0) is 68.2 Å². The van der Waals surface area contributed by atoms with Crippen molar-refractivity contribution in [1.82, 2.24) is 19.8 Å². The number of amides is 1. The van der Waals surface area contributed by atoms with Gasteiger partial charge in [-0.1, -0.05) is 43.3 Å². The van der Waals surface area contributed by atoms with E-state index in [9.17, 15) is 13.6 Å². The van der Waals surface area contributed by atoms with E-state index >= 15 is 4.39 Å². The van der Waals surface area contributed by atoms with Crippen molar-refractivity contribution in [3.05, 3.63) is 106 Å². The second-order valence-electron chi connectivity index (χ2n) is 10.5. The second-order valence-corrected chi connectivity index (χ2v) is 11.8. The number of rotatable bonds is 11. The van der Waals surface area contributed by atoms with E-state index in [0.717, 1.165) is 11.3 Å². The number of nitrogens with zero attached hydrogens (tertiary/aromatic N) is 3. The van der Waals surface area contributed by atoms with E-state index < -0.39 is 28.8 Å². The van der Waals surface area contributed by atoms with Crippen molar-refractivity contribution in [2.24, 2.45) is 0 Å². The van der Waals surface area contributed by atoms with Crippen LogP contribution in [0.15, 0.2) is 66.0 Å². The number of imidazole rings is 1. The maximum Gasteiger partial charge on any atom is 0.251 e. The summed E-state index contributed by atoms with van der Waals surface area (Å²) < 4.78 is 50.3. The van der Waals surface area contributed by atoms with E-state index in [1.165, 1.54) is 49.2 Å². The van der Waals surface area contributed by atoms with Crippen LogP contribution < -0.4 is 10.1 Å². The summed E-state index contributed by atoms with van der Waals surface area (Å²) in [6.07, 6.45) is 1.70. The van der Waals surface area contributed by atoms with Crippen LogP contribution in [0.3, 0.4) is 0 Å². The molecule has 0 unspecified atom stereocenters. The fourth-order valence-corrected chi connectivity index (χ4v) is 5.80. The zero-order chi connectivity index (χ0) is 30.6. The van der Waals surface area contributed by atoms with E-state index in [2.05, 4.69) is 10.3 Å². The van der Waals surface area contributed by atoms with Gasteiger partial charge < -0.3 is 15.0 Å². The lowest BCUT2D eigenvalue weighted by atomic mass is 9.81. The van der Waals surface area contributed by atoms with Gasteiger partial charge in [0.1, 0.15) is 11.6 Å². The number of benzene rings is 3. The SMILES string of the molecule is COc1cc(C(C)(C)c2cnc(SCc3c(F)cc(C(=O)NCCN(C)C)cc3Cl)n2-c2ccc(F)cc2)ccc1F. The van der Waals surface area contributed by atoms with Crippen molar-refractivity contribution in [2.45, 2.75) is 30.2 Å². The third-order valence-electron chi connectivity index (χ3n) is 6.92. The Kier molecular flexibility index (Phi) is 9.91. The minimum absolute atomic E-state index is 0.114. The Morgan fingerprint density at radius 2 is 1.79 bits per heavy atom. The van der Waals surface area contributed by atoms with Crippen LogP contribution in [0.1, 0.15) is 41.0 Å². The van der Waals surface area contributed by atoms with Gasteiger partial charge >= 0.3 is 0 Å². The third kappa shape index (κ3) is 6.94. The van der Waals surface area contributed by atoms with Crippen LogP contribution in [0.2, 0.25) is 5.02 Å². The lowest BCUT2D eigenvalue weighted by Gasteiger charge is -2.28. The molecule has 3 aromatic carbocycles. The number of halogens is 4. The highest BCUT2D eigenvalue weighted by atomic mass is 35.5. The molecule has 0 fully saturated rings. The molecule has 42 heavy (non-hydrogen) atoms. The van der Waals surface area contributed by atoms with Crippen LogP contribution in [0.4, 0.5) is 13.2 Å². The maximum absolute atomic E-state index is 15.2. The van der Waals surface area contributed by atoms with Crippen molar-refractivity contribution in [3.63, 3.8) is 0 Å². The normalized spacial score (nSPS) is 11.7. The van der Waals surface area contributed by atoms with Crippen molar-refractivity contribution >= 4 is 29.3 Å². The molecule has 4 aromatic rings. The fourth-order valence-electron chi connectivity index (χ4n) is 4.42. The molecule has 4 rings (SSSR count). The van der Waals surface area contributed by atoms with Crippen LogP contribution in [-0.4, -0.2) is 54.7 Å². The molecule has 1 amide bonds. The highest BCUT2D eigenvalue weighted by Gasteiger charge is 2.30. The molecule has 222 valence electrons. The first-order valence-corrected chi connectivity index (χ1v) is 14.5. The molecular formula is C31H32ClF3N4O2S. The van der Waals surface area contributed by atoms with Crippen molar-refractivity contribution < 1.29 is 22.7 Å². The first kappa shape index (κ1) is 31.5. The lowest BCUT2D eigenvalue weighted by Crippen LogP contribution is -2.31. The highest BCUT2D eigenvalue weighted by molar-refractivity contribution is 7.98. The average Bonchev–Trinajstić information content (AvgIpc) is 3.37. The zero-order valence-corrected chi connectivity index (χ0v) is 25.5. The topological polar surface area (TPSA) is 59.4 Å². The second kappa shape index (κ2) is 13.2. The van der Waals surface area contributed by atoms with Crippen LogP contribution in [0.25, 0.3) is 5.69 Å². The number of ether oxygens (including phenoxy) is 1. The molecule has 6 nitrogen and oxygen atoms in total. The molecule has 0 aliphatic carbocycles. The molecule has 1 aromatic heterocycles. The summed E-state index contributed by atoms with van der Waals surface area (Å²) in [6, 6.07) is 13.2. The Bertz CT molecular complexity index is 1550. The molecular weight excluding hydrogens is 585 g/mol. The largest absolute Gasteiger partial charge is 0.494 e. The van der Waals surface area contributed by atoms with E-state index in [1.54, 1.807) is 30.5 Å². The van der Waals surface area contributed by atoms with Crippen molar-refractivity contribution in [2.75, 3.05) is 34.3 Å². The van der Waals surface area contributed by atoms with Crippen LogP contribution in [-0.2, 0) is 11.2 Å². The minimum atomic E-state index is -0.689. The maximum atomic E-state index is 15.2. The summed E-state index contributed by atoms with van der Waals surface area (Å²) >= 11 is 7.69. The standard InChI is InChI=1S/C31H32ClF3N4O2S/c1-31(2,20-6-11-25(34)27(16-20)41-5)28-17-37-30(39(28)22-9-7-21(33)8-10-22)42-18-23-24(32)14-19(15-26(23)35)29(40)36-12-13-38(3)4/h6-11,14-17H,12-13,18H2,1-5H3,(H,36,40). The summed E-state index contributed by atoms with van der Waals surface area (Å²) in [6.45, 7) is 4.98. The smallest absolute Gasteiger partial charge is 0.251 e. The van der Waals surface area contributed by atoms with Gasteiger partial charge in [0.15, 0.2) is 16.7 Å². The third-order valence-corrected chi connectivity index (χ3v) is 8.24. The number of carbonyl (C=O) groups excluding carboxylic acids is 1. The lowest BCUT2D eigenvalue weighted by molar-refractivity contribution is 0.0950. The molecule has 0 bridgehead atoms. The molecule has 0 saturated heterocycles. The van der Waals surface area contributed by atoms with Gasteiger partial charge in [0, 0.05) is 46.1 Å². The Labute approximate surface area is 252 Å². The molecule has 0 aliphatic heterocycles. The molecule has 1 heterocycles. The average molecular weight is 617 g/mol. The Balaban J connectivity index is 1.66.